The summed E-state index contributed by atoms with van der Waals surface area (Å²) in [5.41, 5.74) is 1.72. The summed E-state index contributed by atoms with van der Waals surface area (Å²) in [7, 11) is 0. The first kappa shape index (κ1) is 14.0. The molecule has 102 valence electrons. The number of aromatic nitrogens is 1. The Balaban J connectivity index is 1.95. The van der Waals surface area contributed by atoms with Crippen LogP contribution in [-0.4, -0.2) is 28.8 Å². The van der Waals surface area contributed by atoms with Gasteiger partial charge in [-0.15, -0.1) is 0 Å². The summed E-state index contributed by atoms with van der Waals surface area (Å²) in [6, 6.07) is 10.3. The van der Waals surface area contributed by atoms with Gasteiger partial charge in [-0.05, 0) is 37.9 Å². The summed E-state index contributed by atoms with van der Waals surface area (Å²) in [5.74, 6) is 0. The molecular formula is C16H22N2O. The zero-order valence-electron chi connectivity index (χ0n) is 11.7. The van der Waals surface area contributed by atoms with E-state index in [9.17, 15) is 5.11 Å². The molecule has 0 aliphatic rings. The molecule has 1 atom stereocenters. The number of hydrogen-bond donors (Lipinski definition) is 2. The molecule has 1 heterocycles. The number of benzene rings is 1. The Morgan fingerprint density at radius 3 is 2.84 bits per heavy atom. The molecule has 1 aromatic heterocycles. The molecule has 0 bridgehead atoms. The van der Waals surface area contributed by atoms with Crippen LogP contribution in [0, 0.1) is 0 Å². The highest BCUT2D eigenvalue weighted by Gasteiger charge is 2.16. The number of pyridine rings is 1. The molecule has 0 spiro atoms. The third-order valence-electron chi connectivity index (χ3n) is 3.55. The maximum absolute atomic E-state index is 9.92. The van der Waals surface area contributed by atoms with Gasteiger partial charge in [0.05, 0.1) is 11.1 Å². The molecule has 0 aliphatic heterocycles. The minimum Gasteiger partial charge on any atom is -0.389 e. The Bertz CT molecular complexity index is 532. The fourth-order valence-electron chi connectivity index (χ4n) is 2.07. The minimum atomic E-state index is -0.614. The van der Waals surface area contributed by atoms with Crippen LogP contribution in [0.3, 0.4) is 0 Å². The molecule has 2 N–H and O–H groups in total. The standard InChI is InChI=1S/C16H22N2O/c1-3-16(2,19)12-17-11-9-14-7-4-6-13-8-5-10-18-15(13)14/h4-8,10,17,19H,3,9,11-12H2,1-2H3. The molecule has 0 saturated heterocycles. The van der Waals surface area contributed by atoms with Crippen molar-refractivity contribution in [1.29, 1.82) is 0 Å². The summed E-state index contributed by atoms with van der Waals surface area (Å²) in [4.78, 5) is 4.45. The molecule has 2 aromatic rings. The molecule has 0 radical (unpaired) electrons. The highest BCUT2D eigenvalue weighted by molar-refractivity contribution is 5.81. The van der Waals surface area contributed by atoms with E-state index in [4.69, 9.17) is 0 Å². The predicted octanol–water partition coefficient (Wildman–Crippen LogP) is 2.53. The first-order valence-electron chi connectivity index (χ1n) is 6.88. The summed E-state index contributed by atoms with van der Waals surface area (Å²) in [5, 5.41) is 14.4. The molecular weight excluding hydrogens is 236 g/mol. The van der Waals surface area contributed by atoms with Gasteiger partial charge in [-0.3, -0.25) is 4.98 Å². The fraction of sp³-hybridized carbons (Fsp3) is 0.438. The molecule has 1 unspecified atom stereocenters. The van der Waals surface area contributed by atoms with Crippen LogP contribution in [0.1, 0.15) is 25.8 Å². The van der Waals surface area contributed by atoms with Crippen molar-refractivity contribution in [3.8, 4) is 0 Å². The third-order valence-corrected chi connectivity index (χ3v) is 3.55. The lowest BCUT2D eigenvalue weighted by Crippen LogP contribution is -2.37. The fourth-order valence-corrected chi connectivity index (χ4v) is 2.07. The third kappa shape index (κ3) is 3.75. The van der Waals surface area contributed by atoms with Gasteiger partial charge in [0, 0.05) is 18.1 Å². The molecule has 0 saturated carbocycles. The minimum absolute atomic E-state index is 0.614. The Hall–Kier alpha value is -1.45. The zero-order chi connectivity index (χ0) is 13.7. The van der Waals surface area contributed by atoms with E-state index in [-0.39, 0.29) is 0 Å². The van der Waals surface area contributed by atoms with Crippen molar-refractivity contribution >= 4 is 10.9 Å². The van der Waals surface area contributed by atoms with Crippen molar-refractivity contribution in [1.82, 2.24) is 10.3 Å². The number of rotatable bonds is 6. The van der Waals surface area contributed by atoms with Crippen LogP contribution in [0.5, 0.6) is 0 Å². The van der Waals surface area contributed by atoms with Crippen LogP contribution in [-0.2, 0) is 6.42 Å². The van der Waals surface area contributed by atoms with Crippen molar-refractivity contribution in [2.75, 3.05) is 13.1 Å². The molecule has 19 heavy (non-hydrogen) atoms. The average molecular weight is 258 g/mol. The van der Waals surface area contributed by atoms with Gasteiger partial charge < -0.3 is 10.4 Å². The number of fused-ring (bicyclic) bond motifs is 1. The molecule has 2 rings (SSSR count). The van der Waals surface area contributed by atoms with Crippen LogP contribution in [0.25, 0.3) is 10.9 Å². The molecule has 0 fully saturated rings. The van der Waals surface area contributed by atoms with Gasteiger partial charge in [0.25, 0.3) is 0 Å². The quantitative estimate of drug-likeness (QED) is 0.783. The molecule has 3 nitrogen and oxygen atoms in total. The number of hydrogen-bond acceptors (Lipinski definition) is 3. The van der Waals surface area contributed by atoms with Gasteiger partial charge in [-0.25, -0.2) is 0 Å². The first-order chi connectivity index (χ1) is 9.12. The van der Waals surface area contributed by atoms with Gasteiger partial charge in [-0.1, -0.05) is 31.2 Å². The maximum Gasteiger partial charge on any atom is 0.0740 e. The van der Waals surface area contributed by atoms with E-state index in [0.29, 0.717) is 6.54 Å². The molecule has 0 amide bonds. The van der Waals surface area contributed by atoms with Crippen LogP contribution < -0.4 is 5.32 Å². The Morgan fingerprint density at radius 2 is 2.05 bits per heavy atom. The maximum atomic E-state index is 9.92. The SMILES string of the molecule is CCC(C)(O)CNCCc1cccc2cccnc12. The Kier molecular flexibility index (Phi) is 4.51. The normalized spacial score (nSPS) is 14.5. The second-order valence-electron chi connectivity index (χ2n) is 5.27. The van der Waals surface area contributed by atoms with E-state index in [1.54, 1.807) is 0 Å². The lowest BCUT2D eigenvalue weighted by Gasteiger charge is -2.21. The van der Waals surface area contributed by atoms with Crippen molar-refractivity contribution in [2.45, 2.75) is 32.3 Å². The second-order valence-corrected chi connectivity index (χ2v) is 5.27. The van der Waals surface area contributed by atoms with E-state index in [0.717, 1.165) is 24.9 Å². The van der Waals surface area contributed by atoms with Crippen molar-refractivity contribution in [2.24, 2.45) is 0 Å². The Labute approximate surface area is 114 Å². The topological polar surface area (TPSA) is 45.1 Å². The first-order valence-corrected chi connectivity index (χ1v) is 6.88. The van der Waals surface area contributed by atoms with E-state index in [2.05, 4.69) is 34.6 Å². The van der Waals surface area contributed by atoms with E-state index in [1.165, 1.54) is 10.9 Å². The van der Waals surface area contributed by atoms with Gasteiger partial charge in [0.1, 0.15) is 0 Å². The molecule has 0 aliphatic carbocycles. The van der Waals surface area contributed by atoms with E-state index >= 15 is 0 Å². The summed E-state index contributed by atoms with van der Waals surface area (Å²) < 4.78 is 0. The van der Waals surface area contributed by atoms with Crippen LogP contribution >= 0.6 is 0 Å². The zero-order valence-corrected chi connectivity index (χ0v) is 11.7. The largest absolute Gasteiger partial charge is 0.389 e. The highest BCUT2D eigenvalue weighted by Crippen LogP contribution is 2.16. The predicted molar refractivity (Wildman–Crippen MR) is 79.2 cm³/mol. The lowest BCUT2D eigenvalue weighted by molar-refractivity contribution is 0.0562. The lowest BCUT2D eigenvalue weighted by atomic mass is 10.0. The number of aliphatic hydroxyl groups is 1. The highest BCUT2D eigenvalue weighted by atomic mass is 16.3. The van der Waals surface area contributed by atoms with Gasteiger partial charge in [0.2, 0.25) is 0 Å². The number of para-hydroxylation sites is 1. The van der Waals surface area contributed by atoms with Gasteiger partial charge in [0.15, 0.2) is 0 Å². The van der Waals surface area contributed by atoms with Crippen molar-refractivity contribution in [3.63, 3.8) is 0 Å². The summed E-state index contributed by atoms with van der Waals surface area (Å²) >= 11 is 0. The molecule has 1 aromatic carbocycles. The van der Waals surface area contributed by atoms with Crippen LogP contribution in [0.4, 0.5) is 0 Å². The number of nitrogens with one attached hydrogen (secondary N) is 1. The Morgan fingerprint density at radius 1 is 1.26 bits per heavy atom. The summed E-state index contributed by atoms with van der Waals surface area (Å²) in [6.45, 7) is 5.34. The smallest absolute Gasteiger partial charge is 0.0740 e. The van der Waals surface area contributed by atoms with Gasteiger partial charge in [-0.2, -0.15) is 0 Å². The van der Waals surface area contributed by atoms with Crippen molar-refractivity contribution < 1.29 is 5.11 Å². The average Bonchev–Trinajstić information content (AvgIpc) is 2.44. The number of nitrogens with zero attached hydrogens (tertiary/aromatic N) is 1. The van der Waals surface area contributed by atoms with Crippen LogP contribution in [0.15, 0.2) is 36.5 Å². The summed E-state index contributed by atoms with van der Waals surface area (Å²) in [6.07, 6.45) is 3.52. The van der Waals surface area contributed by atoms with Crippen LogP contribution in [0.2, 0.25) is 0 Å². The molecule has 3 heteroatoms. The van der Waals surface area contributed by atoms with Crippen molar-refractivity contribution in [3.05, 3.63) is 42.1 Å². The monoisotopic (exact) mass is 258 g/mol. The van der Waals surface area contributed by atoms with E-state index < -0.39 is 5.60 Å². The second kappa shape index (κ2) is 6.13. The van der Waals surface area contributed by atoms with E-state index in [1.807, 2.05) is 26.1 Å². The van der Waals surface area contributed by atoms with Gasteiger partial charge >= 0.3 is 0 Å².